The van der Waals surface area contributed by atoms with Crippen LogP contribution < -0.4 is 0 Å². The van der Waals surface area contributed by atoms with E-state index < -0.39 is 62.3 Å². The largest absolute Gasteiger partial charge is 0.480 e. The van der Waals surface area contributed by atoms with Gasteiger partial charge in [-0.3, -0.25) is 29.0 Å². The van der Waals surface area contributed by atoms with E-state index in [-0.39, 0.29) is 26.3 Å². The molecule has 4 N–H and O–H groups in total. The Balaban J connectivity index is 2.48. The normalized spacial score (nSPS) is 20.2. The molecule has 0 spiro atoms. The lowest BCUT2D eigenvalue weighted by atomic mass is 10.2. The Labute approximate surface area is 148 Å². The summed E-state index contributed by atoms with van der Waals surface area (Å²) in [5.41, 5.74) is 0. The van der Waals surface area contributed by atoms with Crippen LogP contribution in [0.25, 0.3) is 0 Å². The summed E-state index contributed by atoms with van der Waals surface area (Å²) in [4.78, 5) is 45.5. The fourth-order valence-electron chi connectivity index (χ4n) is 2.50. The minimum absolute atomic E-state index is 0.0410. The molecule has 0 bridgehead atoms. The molecule has 1 rings (SSSR count). The Hall–Kier alpha value is -2.28. The third kappa shape index (κ3) is 9.27. The number of carboxylic acids is 4. The lowest BCUT2D eigenvalue weighted by molar-refractivity contribution is -0.158. The number of rotatable bonds is 12. The van der Waals surface area contributed by atoms with Crippen LogP contribution in [0.1, 0.15) is 0 Å². The van der Waals surface area contributed by atoms with Crippen molar-refractivity contribution in [3.63, 3.8) is 0 Å². The topological polar surface area (TPSA) is 174 Å². The summed E-state index contributed by atoms with van der Waals surface area (Å²) >= 11 is 0. The predicted octanol–water partition coefficient (Wildman–Crippen LogP) is -2.29. The minimum Gasteiger partial charge on any atom is -0.480 e. The number of hydrogen-bond acceptors (Lipinski definition) is 8. The highest BCUT2D eigenvalue weighted by Crippen LogP contribution is 2.11. The van der Waals surface area contributed by atoms with Gasteiger partial charge in [0.25, 0.3) is 0 Å². The second-order valence-corrected chi connectivity index (χ2v) is 5.82. The zero-order valence-corrected chi connectivity index (χ0v) is 13.9. The van der Waals surface area contributed by atoms with Crippen molar-refractivity contribution in [2.45, 2.75) is 12.2 Å². The molecular formula is C14H22N2O10. The quantitative estimate of drug-likeness (QED) is 0.287. The molecule has 1 saturated heterocycles. The Kier molecular flexibility index (Phi) is 8.92. The van der Waals surface area contributed by atoms with Gasteiger partial charge in [0.1, 0.15) is 0 Å². The summed E-state index contributed by atoms with van der Waals surface area (Å²) in [6.07, 6.45) is -1.09. The number of carboxylic acid groups (broad SMARTS) is 4. The van der Waals surface area contributed by atoms with E-state index in [0.717, 1.165) is 0 Å². The molecule has 26 heavy (non-hydrogen) atoms. The van der Waals surface area contributed by atoms with Crippen molar-refractivity contribution < 1.29 is 49.1 Å². The predicted molar refractivity (Wildman–Crippen MR) is 82.9 cm³/mol. The van der Waals surface area contributed by atoms with Crippen LogP contribution in [-0.4, -0.2) is 119 Å². The third-order valence-corrected chi connectivity index (χ3v) is 3.39. The van der Waals surface area contributed by atoms with Crippen LogP contribution in [0.4, 0.5) is 0 Å². The first-order valence-electron chi connectivity index (χ1n) is 7.70. The summed E-state index contributed by atoms with van der Waals surface area (Å²) in [7, 11) is 0. The first-order chi connectivity index (χ1) is 12.2. The van der Waals surface area contributed by atoms with Gasteiger partial charge in [-0.05, 0) is 0 Å². The Morgan fingerprint density at radius 3 is 1.12 bits per heavy atom. The second kappa shape index (κ2) is 10.7. The fraction of sp³-hybridized carbons (Fsp3) is 0.714. The summed E-state index contributed by atoms with van der Waals surface area (Å²) in [5, 5.41) is 35.2. The average Bonchev–Trinajstić information content (AvgIpc) is 2.46. The molecule has 12 heteroatoms. The molecule has 1 aliphatic heterocycles. The Bertz CT molecular complexity index is 440. The van der Waals surface area contributed by atoms with Crippen LogP contribution in [0, 0.1) is 0 Å². The smallest absolute Gasteiger partial charge is 0.317 e. The van der Waals surface area contributed by atoms with E-state index >= 15 is 0 Å². The van der Waals surface area contributed by atoms with E-state index in [1.165, 1.54) is 9.80 Å². The number of hydrogen-bond donors (Lipinski definition) is 4. The van der Waals surface area contributed by atoms with Gasteiger partial charge in [-0.2, -0.15) is 0 Å². The summed E-state index contributed by atoms with van der Waals surface area (Å²) in [5.74, 6) is -4.67. The molecule has 0 radical (unpaired) electrons. The molecule has 1 heterocycles. The van der Waals surface area contributed by atoms with Gasteiger partial charge in [0.15, 0.2) is 0 Å². The highest BCUT2D eigenvalue weighted by molar-refractivity contribution is 5.73. The van der Waals surface area contributed by atoms with E-state index in [1.807, 2.05) is 0 Å². The molecule has 2 atom stereocenters. The molecule has 0 aliphatic carbocycles. The monoisotopic (exact) mass is 378 g/mol. The van der Waals surface area contributed by atoms with Crippen LogP contribution in [0.15, 0.2) is 0 Å². The van der Waals surface area contributed by atoms with Crippen LogP contribution in [0.2, 0.25) is 0 Å². The molecule has 1 aliphatic rings. The van der Waals surface area contributed by atoms with Crippen molar-refractivity contribution in [1.29, 1.82) is 0 Å². The first kappa shape index (κ1) is 21.8. The molecular weight excluding hydrogens is 356 g/mol. The minimum atomic E-state index is -1.17. The summed E-state index contributed by atoms with van der Waals surface area (Å²) < 4.78 is 11.0. The Morgan fingerprint density at radius 2 is 0.923 bits per heavy atom. The molecule has 12 nitrogen and oxygen atoms in total. The van der Waals surface area contributed by atoms with Crippen LogP contribution in [-0.2, 0) is 28.7 Å². The van der Waals surface area contributed by atoms with Gasteiger partial charge in [0.05, 0.1) is 51.6 Å². The summed E-state index contributed by atoms with van der Waals surface area (Å²) in [6, 6.07) is 0. The summed E-state index contributed by atoms with van der Waals surface area (Å²) in [6.45, 7) is -1.65. The molecule has 148 valence electrons. The van der Waals surface area contributed by atoms with Gasteiger partial charge < -0.3 is 29.9 Å². The highest BCUT2D eigenvalue weighted by Gasteiger charge is 2.28. The average molecular weight is 378 g/mol. The van der Waals surface area contributed by atoms with Gasteiger partial charge in [0, 0.05) is 13.1 Å². The Morgan fingerprint density at radius 1 is 0.654 bits per heavy atom. The molecule has 0 aromatic heterocycles. The van der Waals surface area contributed by atoms with Crippen molar-refractivity contribution in [3.05, 3.63) is 0 Å². The number of nitrogens with zero attached hydrogens (tertiary/aromatic N) is 2. The zero-order chi connectivity index (χ0) is 19.7. The van der Waals surface area contributed by atoms with Crippen molar-refractivity contribution >= 4 is 23.9 Å². The van der Waals surface area contributed by atoms with Gasteiger partial charge in [-0.25, -0.2) is 0 Å². The lowest BCUT2D eigenvalue weighted by Crippen LogP contribution is -2.49. The molecule has 0 aromatic carbocycles. The molecule has 0 saturated carbocycles. The maximum atomic E-state index is 10.8. The van der Waals surface area contributed by atoms with Crippen molar-refractivity contribution in [1.82, 2.24) is 9.80 Å². The molecule has 0 aromatic rings. The zero-order valence-electron chi connectivity index (χ0n) is 13.9. The van der Waals surface area contributed by atoms with E-state index in [0.29, 0.717) is 0 Å². The van der Waals surface area contributed by atoms with Crippen molar-refractivity contribution in [3.8, 4) is 0 Å². The van der Waals surface area contributed by atoms with Crippen LogP contribution >= 0.6 is 0 Å². The van der Waals surface area contributed by atoms with Crippen LogP contribution in [0.5, 0.6) is 0 Å². The number of carbonyl (C=O) groups is 4. The first-order valence-corrected chi connectivity index (χ1v) is 7.70. The van der Waals surface area contributed by atoms with Gasteiger partial charge >= 0.3 is 23.9 Å². The van der Waals surface area contributed by atoms with Crippen molar-refractivity contribution in [2.24, 2.45) is 0 Å². The van der Waals surface area contributed by atoms with Crippen molar-refractivity contribution in [2.75, 3.05) is 52.5 Å². The SMILES string of the molecule is O=C(O)CN(CC(=O)O)CC1COC(CN(CC(=O)O)CC(=O)O)CO1. The van der Waals surface area contributed by atoms with E-state index in [2.05, 4.69) is 0 Å². The van der Waals surface area contributed by atoms with Gasteiger partial charge in [-0.15, -0.1) is 0 Å². The molecule has 2 unspecified atom stereocenters. The molecule has 0 amide bonds. The number of aliphatic carboxylic acids is 4. The van der Waals surface area contributed by atoms with Crippen LogP contribution in [0.3, 0.4) is 0 Å². The third-order valence-electron chi connectivity index (χ3n) is 3.39. The number of ether oxygens (including phenoxy) is 2. The maximum absolute atomic E-state index is 10.8. The van der Waals surface area contributed by atoms with E-state index in [9.17, 15) is 19.2 Å². The van der Waals surface area contributed by atoms with E-state index in [1.54, 1.807) is 0 Å². The van der Waals surface area contributed by atoms with Gasteiger partial charge in [-0.1, -0.05) is 0 Å². The molecule has 1 fully saturated rings. The van der Waals surface area contributed by atoms with E-state index in [4.69, 9.17) is 29.9 Å². The standard InChI is InChI=1S/C14H22N2O10/c17-11(18)3-15(4-12(19)20)1-9-7-26-10(8-25-9)2-16(5-13(21)22)6-14(23)24/h9-10H,1-8H2,(H,17,18)(H,19,20)(H,21,22)(H,23,24). The fourth-order valence-corrected chi connectivity index (χ4v) is 2.50. The maximum Gasteiger partial charge on any atom is 0.317 e. The highest BCUT2D eigenvalue weighted by atomic mass is 16.6. The lowest BCUT2D eigenvalue weighted by Gasteiger charge is -2.34. The van der Waals surface area contributed by atoms with Gasteiger partial charge in [0.2, 0.25) is 0 Å². The second-order valence-electron chi connectivity index (χ2n) is 5.82.